The summed E-state index contributed by atoms with van der Waals surface area (Å²) in [5.41, 5.74) is 1.63. The SMILES string of the molecule is CCC(=O)N1CCc2c(sc3c2C(=O)N(C)CC(=O)N3CCOC)C1. The smallest absolute Gasteiger partial charge is 0.257 e. The summed E-state index contributed by atoms with van der Waals surface area (Å²) in [5, 5.41) is 0.701. The zero-order valence-electron chi connectivity index (χ0n) is 14.8. The van der Waals surface area contributed by atoms with E-state index in [2.05, 4.69) is 0 Å². The molecule has 8 heteroatoms. The van der Waals surface area contributed by atoms with Gasteiger partial charge in [0.1, 0.15) is 11.5 Å². The molecule has 0 unspecified atom stereocenters. The van der Waals surface area contributed by atoms with Gasteiger partial charge in [-0.05, 0) is 12.0 Å². The molecule has 0 radical (unpaired) electrons. The number of carbonyl (C=O) groups excluding carboxylic acids is 3. The minimum Gasteiger partial charge on any atom is -0.383 e. The maximum Gasteiger partial charge on any atom is 0.257 e. The number of anilines is 1. The summed E-state index contributed by atoms with van der Waals surface area (Å²) < 4.78 is 5.13. The molecule has 3 rings (SSSR count). The Labute approximate surface area is 151 Å². The number of fused-ring (bicyclic) bond motifs is 3. The van der Waals surface area contributed by atoms with Gasteiger partial charge < -0.3 is 14.5 Å². The van der Waals surface area contributed by atoms with Crippen LogP contribution in [0.3, 0.4) is 0 Å². The fourth-order valence-electron chi connectivity index (χ4n) is 3.31. The topological polar surface area (TPSA) is 70.2 Å². The number of hydrogen-bond acceptors (Lipinski definition) is 5. The van der Waals surface area contributed by atoms with Crippen molar-refractivity contribution in [1.82, 2.24) is 9.80 Å². The molecule has 0 saturated carbocycles. The molecule has 7 nitrogen and oxygen atoms in total. The largest absolute Gasteiger partial charge is 0.383 e. The Morgan fingerprint density at radius 2 is 2.04 bits per heavy atom. The van der Waals surface area contributed by atoms with E-state index >= 15 is 0 Å². The Balaban J connectivity index is 2.03. The third-order valence-electron chi connectivity index (χ3n) is 4.69. The molecule has 2 aliphatic rings. The van der Waals surface area contributed by atoms with Crippen LogP contribution in [0.5, 0.6) is 0 Å². The van der Waals surface area contributed by atoms with Crippen LogP contribution in [0.25, 0.3) is 0 Å². The first-order chi connectivity index (χ1) is 12.0. The molecule has 136 valence electrons. The van der Waals surface area contributed by atoms with E-state index in [0.29, 0.717) is 49.6 Å². The molecule has 1 aromatic heterocycles. The van der Waals surface area contributed by atoms with Gasteiger partial charge in [0.25, 0.3) is 5.91 Å². The van der Waals surface area contributed by atoms with Crippen molar-refractivity contribution in [3.05, 3.63) is 16.0 Å². The minimum absolute atomic E-state index is 0.0686. The molecule has 0 atom stereocenters. The number of methoxy groups -OCH3 is 1. The van der Waals surface area contributed by atoms with Gasteiger partial charge in [-0.1, -0.05) is 6.92 Å². The lowest BCUT2D eigenvalue weighted by molar-refractivity contribution is -0.131. The fourth-order valence-corrected chi connectivity index (χ4v) is 4.71. The number of rotatable bonds is 4. The molecule has 2 aliphatic heterocycles. The molecule has 0 bridgehead atoms. The van der Waals surface area contributed by atoms with Gasteiger partial charge in [0.2, 0.25) is 11.8 Å². The number of thiophene rings is 1. The van der Waals surface area contributed by atoms with E-state index in [4.69, 9.17) is 4.74 Å². The van der Waals surface area contributed by atoms with Crippen molar-refractivity contribution in [3.63, 3.8) is 0 Å². The van der Waals surface area contributed by atoms with Crippen molar-refractivity contribution in [3.8, 4) is 0 Å². The van der Waals surface area contributed by atoms with Crippen molar-refractivity contribution < 1.29 is 19.1 Å². The van der Waals surface area contributed by atoms with Gasteiger partial charge in [0, 0.05) is 32.0 Å². The summed E-state index contributed by atoms with van der Waals surface area (Å²) in [4.78, 5) is 43.4. The second-order valence-corrected chi connectivity index (χ2v) is 7.39. The first-order valence-corrected chi connectivity index (χ1v) is 9.26. The average Bonchev–Trinajstić information content (AvgIpc) is 2.94. The first-order valence-electron chi connectivity index (χ1n) is 8.45. The second-order valence-electron chi connectivity index (χ2n) is 6.30. The Bertz CT molecular complexity index is 715. The van der Waals surface area contributed by atoms with Crippen LogP contribution >= 0.6 is 11.3 Å². The van der Waals surface area contributed by atoms with Crippen LogP contribution < -0.4 is 4.90 Å². The van der Waals surface area contributed by atoms with Gasteiger partial charge >= 0.3 is 0 Å². The Morgan fingerprint density at radius 1 is 1.28 bits per heavy atom. The molecular weight excluding hydrogens is 342 g/mol. The maximum atomic E-state index is 12.8. The van der Waals surface area contributed by atoms with Crippen LogP contribution in [0.1, 0.15) is 34.1 Å². The van der Waals surface area contributed by atoms with E-state index in [1.54, 1.807) is 19.1 Å². The van der Waals surface area contributed by atoms with E-state index < -0.39 is 0 Å². The monoisotopic (exact) mass is 365 g/mol. The number of hydrogen-bond donors (Lipinski definition) is 0. The van der Waals surface area contributed by atoms with Crippen LogP contribution in [-0.2, 0) is 27.3 Å². The van der Waals surface area contributed by atoms with Gasteiger partial charge in [-0.3, -0.25) is 19.3 Å². The summed E-state index contributed by atoms with van der Waals surface area (Å²) in [6.45, 7) is 3.88. The van der Waals surface area contributed by atoms with Crippen LogP contribution in [0.2, 0.25) is 0 Å². The zero-order chi connectivity index (χ0) is 18.1. The van der Waals surface area contributed by atoms with Gasteiger partial charge in [0.05, 0.1) is 25.3 Å². The van der Waals surface area contributed by atoms with Crippen molar-refractivity contribution in [2.75, 3.05) is 45.3 Å². The fraction of sp³-hybridized carbons (Fsp3) is 0.588. The van der Waals surface area contributed by atoms with Crippen molar-refractivity contribution in [2.24, 2.45) is 0 Å². The Kier molecular flexibility index (Phi) is 5.10. The van der Waals surface area contributed by atoms with E-state index in [0.717, 1.165) is 10.4 Å². The average molecular weight is 365 g/mol. The van der Waals surface area contributed by atoms with E-state index in [1.165, 1.54) is 16.2 Å². The number of likely N-dealkylation sites (N-methyl/N-ethyl adjacent to an activating group) is 1. The molecule has 3 amide bonds. The lowest BCUT2D eigenvalue weighted by Crippen LogP contribution is -2.39. The van der Waals surface area contributed by atoms with Crippen LogP contribution in [0.15, 0.2) is 0 Å². The second kappa shape index (κ2) is 7.13. The summed E-state index contributed by atoms with van der Waals surface area (Å²) >= 11 is 1.46. The van der Waals surface area contributed by atoms with Crippen molar-refractivity contribution in [1.29, 1.82) is 0 Å². The molecule has 25 heavy (non-hydrogen) atoms. The zero-order valence-corrected chi connectivity index (χ0v) is 15.6. The Morgan fingerprint density at radius 3 is 2.72 bits per heavy atom. The molecule has 0 spiro atoms. The number of amides is 3. The third-order valence-corrected chi connectivity index (χ3v) is 5.93. The predicted octanol–water partition coefficient (Wildman–Crippen LogP) is 1.11. The first kappa shape index (κ1) is 17.9. The molecule has 0 saturated heterocycles. The van der Waals surface area contributed by atoms with E-state index in [-0.39, 0.29) is 24.3 Å². The maximum absolute atomic E-state index is 12.8. The van der Waals surface area contributed by atoms with Crippen molar-refractivity contribution in [2.45, 2.75) is 26.3 Å². The summed E-state index contributed by atoms with van der Waals surface area (Å²) in [5.74, 6) is -0.104. The van der Waals surface area contributed by atoms with Gasteiger partial charge in [-0.15, -0.1) is 11.3 Å². The molecule has 3 heterocycles. The van der Waals surface area contributed by atoms with Crippen LogP contribution in [0.4, 0.5) is 5.00 Å². The number of ether oxygens (including phenoxy) is 1. The normalized spacial score (nSPS) is 17.5. The highest BCUT2D eigenvalue weighted by molar-refractivity contribution is 7.17. The quantitative estimate of drug-likeness (QED) is 0.801. The molecule has 0 aromatic carbocycles. The number of nitrogens with zero attached hydrogens (tertiary/aromatic N) is 3. The van der Waals surface area contributed by atoms with E-state index in [1.807, 2.05) is 11.8 Å². The lowest BCUT2D eigenvalue weighted by Gasteiger charge is -2.27. The predicted molar refractivity (Wildman–Crippen MR) is 94.9 cm³/mol. The minimum atomic E-state index is -0.115. The van der Waals surface area contributed by atoms with Crippen LogP contribution in [-0.4, -0.2) is 67.9 Å². The summed E-state index contributed by atoms with van der Waals surface area (Å²) in [7, 11) is 3.25. The molecular formula is C17H23N3O4S. The molecule has 1 aromatic rings. The third kappa shape index (κ3) is 3.16. The van der Waals surface area contributed by atoms with Gasteiger partial charge in [-0.25, -0.2) is 0 Å². The highest BCUT2D eigenvalue weighted by Crippen LogP contribution is 2.41. The van der Waals surface area contributed by atoms with Crippen LogP contribution in [0, 0.1) is 0 Å². The van der Waals surface area contributed by atoms with Gasteiger partial charge in [0.15, 0.2) is 0 Å². The summed E-state index contributed by atoms with van der Waals surface area (Å²) in [6.07, 6.45) is 1.12. The molecule has 0 aliphatic carbocycles. The number of carbonyl (C=O) groups is 3. The standard InChI is InChI=1S/C17H23N3O4S/c1-4-13(21)19-6-5-11-12(9-19)25-17-15(11)16(23)18(2)10-14(22)20(17)7-8-24-3/h4-10H2,1-3H3. The van der Waals surface area contributed by atoms with E-state index in [9.17, 15) is 14.4 Å². The highest BCUT2D eigenvalue weighted by atomic mass is 32.1. The lowest BCUT2D eigenvalue weighted by atomic mass is 10.0. The van der Waals surface area contributed by atoms with Crippen molar-refractivity contribution >= 4 is 34.1 Å². The molecule has 0 N–H and O–H groups in total. The highest BCUT2D eigenvalue weighted by Gasteiger charge is 2.37. The molecule has 0 fully saturated rings. The Hall–Kier alpha value is -1.93. The summed E-state index contributed by atoms with van der Waals surface area (Å²) in [6, 6.07) is 0. The van der Waals surface area contributed by atoms with Gasteiger partial charge in [-0.2, -0.15) is 0 Å².